The second kappa shape index (κ2) is 6.91. The summed E-state index contributed by atoms with van der Waals surface area (Å²) in [5.74, 6) is -0.0332. The first-order valence-corrected chi connectivity index (χ1v) is 8.41. The SMILES string of the molecule is Cc1ccc(C(=O)C2(C=O)CCNC(N3CCNCC3)C2)cc1. The number of Topliss-reactive ketones (excluding diaryl/α,β-unsaturated/α-hetero) is 1. The number of ketones is 1. The van der Waals surface area contributed by atoms with Gasteiger partial charge >= 0.3 is 0 Å². The highest BCUT2D eigenvalue weighted by atomic mass is 16.1. The number of carbonyl (C=O) groups is 2. The van der Waals surface area contributed by atoms with Crippen molar-refractivity contribution in [3.05, 3.63) is 35.4 Å². The van der Waals surface area contributed by atoms with Crippen LogP contribution in [0.5, 0.6) is 0 Å². The lowest BCUT2D eigenvalue weighted by atomic mass is 9.73. The van der Waals surface area contributed by atoms with E-state index >= 15 is 0 Å². The van der Waals surface area contributed by atoms with Crippen molar-refractivity contribution < 1.29 is 9.59 Å². The third kappa shape index (κ3) is 3.37. The second-order valence-corrected chi connectivity index (χ2v) is 6.68. The summed E-state index contributed by atoms with van der Waals surface area (Å²) in [6.45, 7) is 6.51. The van der Waals surface area contributed by atoms with Crippen LogP contribution in [0.4, 0.5) is 0 Å². The molecule has 2 heterocycles. The van der Waals surface area contributed by atoms with Gasteiger partial charge in [0.2, 0.25) is 0 Å². The van der Waals surface area contributed by atoms with Gasteiger partial charge in [-0.2, -0.15) is 0 Å². The Balaban J connectivity index is 1.80. The quantitative estimate of drug-likeness (QED) is 0.493. The van der Waals surface area contributed by atoms with E-state index in [1.807, 2.05) is 31.2 Å². The number of nitrogens with zero attached hydrogens (tertiary/aromatic N) is 1. The Morgan fingerprint density at radius 1 is 1.22 bits per heavy atom. The molecule has 0 saturated carbocycles. The van der Waals surface area contributed by atoms with Crippen LogP contribution >= 0.6 is 0 Å². The van der Waals surface area contributed by atoms with E-state index in [4.69, 9.17) is 0 Å². The molecule has 5 nitrogen and oxygen atoms in total. The van der Waals surface area contributed by atoms with Gasteiger partial charge in [-0.05, 0) is 26.3 Å². The van der Waals surface area contributed by atoms with Crippen molar-refractivity contribution in [1.82, 2.24) is 15.5 Å². The molecule has 3 rings (SSSR count). The number of hydrogen-bond acceptors (Lipinski definition) is 5. The van der Waals surface area contributed by atoms with Crippen molar-refractivity contribution >= 4 is 12.1 Å². The van der Waals surface area contributed by atoms with E-state index in [1.165, 1.54) is 0 Å². The Morgan fingerprint density at radius 3 is 2.57 bits per heavy atom. The molecule has 23 heavy (non-hydrogen) atoms. The molecule has 0 spiro atoms. The zero-order valence-electron chi connectivity index (χ0n) is 13.7. The summed E-state index contributed by atoms with van der Waals surface area (Å²) in [5, 5.41) is 6.82. The molecule has 5 heteroatoms. The zero-order chi connectivity index (χ0) is 16.3. The number of rotatable bonds is 4. The van der Waals surface area contributed by atoms with Crippen LogP contribution in [0.3, 0.4) is 0 Å². The molecular weight excluding hydrogens is 290 g/mol. The number of hydrogen-bond donors (Lipinski definition) is 2. The molecule has 2 aliphatic rings. The molecule has 1 aromatic carbocycles. The lowest BCUT2D eigenvalue weighted by Gasteiger charge is -2.43. The Bertz CT molecular complexity index is 566. The fourth-order valence-electron chi connectivity index (χ4n) is 3.59. The van der Waals surface area contributed by atoms with Crippen molar-refractivity contribution in [2.24, 2.45) is 5.41 Å². The van der Waals surface area contributed by atoms with E-state index in [0.717, 1.165) is 38.0 Å². The van der Waals surface area contributed by atoms with Crippen molar-refractivity contribution in [3.8, 4) is 0 Å². The monoisotopic (exact) mass is 315 g/mol. The maximum atomic E-state index is 13.0. The summed E-state index contributed by atoms with van der Waals surface area (Å²) < 4.78 is 0. The van der Waals surface area contributed by atoms with Crippen molar-refractivity contribution in [2.45, 2.75) is 25.9 Å². The van der Waals surface area contributed by atoms with E-state index in [-0.39, 0.29) is 11.9 Å². The third-order valence-corrected chi connectivity index (χ3v) is 5.09. The highest BCUT2D eigenvalue weighted by Gasteiger charge is 2.44. The van der Waals surface area contributed by atoms with Gasteiger partial charge in [0.1, 0.15) is 6.29 Å². The van der Waals surface area contributed by atoms with Crippen LogP contribution in [0.1, 0.15) is 28.8 Å². The van der Waals surface area contributed by atoms with Crippen LogP contribution in [0.25, 0.3) is 0 Å². The average molecular weight is 315 g/mol. The molecule has 0 aromatic heterocycles. The molecule has 0 bridgehead atoms. The Kier molecular flexibility index (Phi) is 4.90. The van der Waals surface area contributed by atoms with Crippen LogP contribution in [-0.2, 0) is 4.79 Å². The van der Waals surface area contributed by atoms with Crippen molar-refractivity contribution in [2.75, 3.05) is 32.7 Å². The minimum Gasteiger partial charge on any atom is -0.314 e. The fraction of sp³-hybridized carbons (Fsp3) is 0.556. The fourth-order valence-corrected chi connectivity index (χ4v) is 3.59. The Hall–Kier alpha value is -1.56. The highest BCUT2D eigenvalue weighted by molar-refractivity contribution is 6.09. The van der Waals surface area contributed by atoms with Crippen LogP contribution in [-0.4, -0.2) is 55.9 Å². The number of benzene rings is 1. The van der Waals surface area contributed by atoms with Gasteiger partial charge in [0, 0.05) is 31.7 Å². The largest absolute Gasteiger partial charge is 0.314 e. The van der Waals surface area contributed by atoms with Crippen LogP contribution in [0.2, 0.25) is 0 Å². The molecule has 2 aliphatic heterocycles. The molecule has 0 aliphatic carbocycles. The minimum absolute atomic E-state index is 0.0332. The van der Waals surface area contributed by atoms with Gasteiger partial charge in [-0.15, -0.1) is 0 Å². The van der Waals surface area contributed by atoms with Gasteiger partial charge in [0.05, 0.1) is 11.6 Å². The second-order valence-electron chi connectivity index (χ2n) is 6.68. The molecule has 0 radical (unpaired) electrons. The standard InChI is InChI=1S/C18H25N3O2/c1-14-2-4-15(5-3-14)17(23)18(13-22)6-7-20-16(12-18)21-10-8-19-9-11-21/h2-5,13,16,19-20H,6-12H2,1H3. The molecule has 2 atom stereocenters. The first kappa shape index (κ1) is 16.3. The van der Waals surface area contributed by atoms with Gasteiger partial charge in [-0.3, -0.25) is 9.69 Å². The summed E-state index contributed by atoms with van der Waals surface area (Å²) in [5.41, 5.74) is 0.866. The number of piperidine rings is 1. The molecular formula is C18H25N3O2. The highest BCUT2D eigenvalue weighted by Crippen LogP contribution is 2.34. The van der Waals surface area contributed by atoms with Gasteiger partial charge in [-0.25, -0.2) is 0 Å². The van der Waals surface area contributed by atoms with Crippen LogP contribution in [0.15, 0.2) is 24.3 Å². The van der Waals surface area contributed by atoms with Gasteiger partial charge in [0.25, 0.3) is 0 Å². The normalized spacial score (nSPS) is 29.2. The topological polar surface area (TPSA) is 61.4 Å². The molecule has 0 amide bonds. The number of nitrogens with one attached hydrogen (secondary N) is 2. The molecule has 2 N–H and O–H groups in total. The maximum absolute atomic E-state index is 13.0. The van der Waals surface area contributed by atoms with E-state index < -0.39 is 5.41 Å². The minimum atomic E-state index is -0.893. The first-order chi connectivity index (χ1) is 11.1. The molecule has 124 valence electrons. The van der Waals surface area contributed by atoms with Gasteiger partial charge < -0.3 is 15.4 Å². The van der Waals surface area contributed by atoms with Crippen LogP contribution < -0.4 is 10.6 Å². The molecule has 2 unspecified atom stereocenters. The first-order valence-electron chi connectivity index (χ1n) is 8.41. The Labute approximate surface area is 137 Å². The summed E-state index contributed by atoms with van der Waals surface area (Å²) >= 11 is 0. The predicted octanol–water partition coefficient (Wildman–Crippen LogP) is 0.978. The number of piperazine rings is 1. The van der Waals surface area contributed by atoms with Crippen molar-refractivity contribution in [3.63, 3.8) is 0 Å². The van der Waals surface area contributed by atoms with Crippen molar-refractivity contribution in [1.29, 1.82) is 0 Å². The predicted molar refractivity (Wildman–Crippen MR) is 89.5 cm³/mol. The number of aryl methyl sites for hydroxylation is 1. The van der Waals surface area contributed by atoms with E-state index in [1.54, 1.807) is 0 Å². The maximum Gasteiger partial charge on any atom is 0.176 e. The van der Waals surface area contributed by atoms with Gasteiger partial charge in [0.15, 0.2) is 5.78 Å². The van der Waals surface area contributed by atoms with E-state index in [0.29, 0.717) is 24.9 Å². The summed E-state index contributed by atoms with van der Waals surface area (Å²) in [6, 6.07) is 7.54. The zero-order valence-corrected chi connectivity index (χ0v) is 13.7. The number of aldehydes is 1. The number of carbonyl (C=O) groups excluding carboxylic acids is 2. The summed E-state index contributed by atoms with van der Waals surface area (Å²) in [7, 11) is 0. The lowest BCUT2D eigenvalue weighted by molar-refractivity contribution is -0.116. The lowest BCUT2D eigenvalue weighted by Crippen LogP contribution is -2.59. The summed E-state index contributed by atoms with van der Waals surface area (Å²) in [4.78, 5) is 27.3. The molecule has 2 fully saturated rings. The van der Waals surface area contributed by atoms with E-state index in [9.17, 15) is 9.59 Å². The van der Waals surface area contributed by atoms with E-state index in [2.05, 4.69) is 15.5 Å². The summed E-state index contributed by atoms with van der Waals surface area (Å²) in [6.07, 6.45) is 2.13. The van der Waals surface area contributed by atoms with Crippen LogP contribution in [0, 0.1) is 12.3 Å². The molecule has 1 aromatic rings. The molecule has 2 saturated heterocycles. The van der Waals surface area contributed by atoms with Gasteiger partial charge in [-0.1, -0.05) is 29.8 Å². The smallest absolute Gasteiger partial charge is 0.176 e. The average Bonchev–Trinajstić information content (AvgIpc) is 2.62. The Morgan fingerprint density at radius 2 is 1.91 bits per heavy atom. The third-order valence-electron chi connectivity index (χ3n) is 5.09.